The number of thiazole rings is 1. The molecule has 1 aliphatic rings. The predicted octanol–water partition coefficient (Wildman–Crippen LogP) is 6.12. The molecule has 0 aliphatic carbocycles. The average Bonchev–Trinajstić information content (AvgIpc) is 3.41. The number of phenolic OH excluding ortho intramolecular Hbond substituents is 1. The number of hydrogen-bond donors (Lipinski definition) is 2. The molecular formula is C29H26N2O5S. The van der Waals surface area contributed by atoms with Crippen LogP contribution in [-0.2, 0) is 9.59 Å². The van der Waals surface area contributed by atoms with Gasteiger partial charge in [0.1, 0.15) is 17.3 Å². The van der Waals surface area contributed by atoms with Crippen molar-refractivity contribution in [1.29, 1.82) is 0 Å². The summed E-state index contributed by atoms with van der Waals surface area (Å²) >= 11 is 1.30. The van der Waals surface area contributed by atoms with Gasteiger partial charge in [-0.3, -0.25) is 14.5 Å². The van der Waals surface area contributed by atoms with Gasteiger partial charge in [-0.25, -0.2) is 4.98 Å². The molecule has 1 amide bonds. The van der Waals surface area contributed by atoms with Crippen molar-refractivity contribution in [3.8, 4) is 11.5 Å². The third-order valence-corrected chi connectivity index (χ3v) is 7.26. The first-order chi connectivity index (χ1) is 17.9. The Morgan fingerprint density at radius 1 is 1.08 bits per heavy atom. The molecule has 3 aromatic carbocycles. The number of carbonyl (C=O) groups is 2. The topological polar surface area (TPSA) is 100.0 Å². The van der Waals surface area contributed by atoms with Crippen LogP contribution >= 0.6 is 11.3 Å². The molecule has 4 aromatic rings. The number of aliphatic hydroxyl groups is 1. The molecule has 1 unspecified atom stereocenters. The number of aryl methyl sites for hydroxylation is 1. The highest BCUT2D eigenvalue weighted by atomic mass is 32.1. The molecule has 5 rings (SSSR count). The Balaban J connectivity index is 1.65. The van der Waals surface area contributed by atoms with Gasteiger partial charge in [0.25, 0.3) is 5.78 Å². The highest BCUT2D eigenvalue weighted by Gasteiger charge is 2.48. The van der Waals surface area contributed by atoms with Gasteiger partial charge in [-0.15, -0.1) is 0 Å². The molecule has 1 aliphatic heterocycles. The SMILES string of the molecule is CCCCOc1cccc(/C(O)=C2\C(=O)C(=O)N(c3nc4ccc(C)cc4s3)C2c2cccc(O)c2)c1. The van der Waals surface area contributed by atoms with Gasteiger partial charge in [-0.2, -0.15) is 0 Å². The van der Waals surface area contributed by atoms with Crippen molar-refractivity contribution in [2.24, 2.45) is 0 Å². The maximum Gasteiger partial charge on any atom is 0.301 e. The van der Waals surface area contributed by atoms with Gasteiger partial charge in [0.05, 0.1) is 28.4 Å². The first kappa shape index (κ1) is 24.5. The number of unbranched alkanes of at least 4 members (excludes halogenated alkanes) is 1. The molecule has 37 heavy (non-hydrogen) atoms. The Labute approximate surface area is 218 Å². The maximum absolute atomic E-state index is 13.4. The van der Waals surface area contributed by atoms with Crippen LogP contribution in [0.15, 0.2) is 72.3 Å². The molecule has 1 aromatic heterocycles. The van der Waals surface area contributed by atoms with Crippen LogP contribution < -0.4 is 9.64 Å². The Kier molecular flexibility index (Phi) is 6.67. The van der Waals surface area contributed by atoms with E-state index in [1.807, 2.05) is 25.1 Å². The molecule has 1 saturated heterocycles. The molecule has 8 heteroatoms. The lowest BCUT2D eigenvalue weighted by molar-refractivity contribution is -0.132. The Morgan fingerprint density at radius 3 is 2.68 bits per heavy atom. The van der Waals surface area contributed by atoms with E-state index in [9.17, 15) is 19.8 Å². The zero-order chi connectivity index (χ0) is 26.1. The first-order valence-electron chi connectivity index (χ1n) is 12.1. The van der Waals surface area contributed by atoms with E-state index in [0.717, 1.165) is 23.1 Å². The van der Waals surface area contributed by atoms with E-state index in [-0.39, 0.29) is 17.1 Å². The van der Waals surface area contributed by atoms with Crippen molar-refractivity contribution in [2.75, 3.05) is 11.5 Å². The fraction of sp³-hybridized carbons (Fsp3) is 0.207. The van der Waals surface area contributed by atoms with E-state index >= 15 is 0 Å². The second kappa shape index (κ2) is 10.1. The quantitative estimate of drug-likeness (QED) is 0.133. The number of benzene rings is 3. The van der Waals surface area contributed by atoms with Crippen LogP contribution in [0, 0.1) is 6.92 Å². The maximum atomic E-state index is 13.4. The summed E-state index contributed by atoms with van der Waals surface area (Å²) < 4.78 is 6.65. The van der Waals surface area contributed by atoms with Gasteiger partial charge in [0.2, 0.25) is 0 Å². The molecule has 0 radical (unpaired) electrons. The first-order valence-corrected chi connectivity index (χ1v) is 12.9. The zero-order valence-electron chi connectivity index (χ0n) is 20.5. The molecular weight excluding hydrogens is 488 g/mol. The summed E-state index contributed by atoms with van der Waals surface area (Å²) in [4.78, 5) is 32.8. The zero-order valence-corrected chi connectivity index (χ0v) is 21.3. The van der Waals surface area contributed by atoms with E-state index in [4.69, 9.17) is 4.74 Å². The van der Waals surface area contributed by atoms with Crippen molar-refractivity contribution >= 4 is 44.1 Å². The second-order valence-electron chi connectivity index (χ2n) is 8.96. The van der Waals surface area contributed by atoms with Crippen LogP contribution in [0.4, 0.5) is 5.13 Å². The largest absolute Gasteiger partial charge is 0.508 e. The molecule has 0 saturated carbocycles. The fourth-order valence-corrected chi connectivity index (χ4v) is 5.48. The van der Waals surface area contributed by atoms with Gasteiger partial charge in [-0.05, 0) is 60.9 Å². The highest BCUT2D eigenvalue weighted by molar-refractivity contribution is 7.22. The second-order valence-corrected chi connectivity index (χ2v) is 9.97. The number of ketones is 1. The van der Waals surface area contributed by atoms with Crippen LogP contribution in [0.2, 0.25) is 0 Å². The fourth-order valence-electron chi connectivity index (χ4n) is 4.39. The lowest BCUT2D eigenvalue weighted by Gasteiger charge is -2.23. The molecule has 1 fully saturated rings. The van der Waals surface area contributed by atoms with E-state index < -0.39 is 17.7 Å². The van der Waals surface area contributed by atoms with Crippen LogP contribution in [0.3, 0.4) is 0 Å². The summed E-state index contributed by atoms with van der Waals surface area (Å²) in [6, 6.07) is 18.0. The van der Waals surface area contributed by atoms with E-state index in [1.165, 1.54) is 28.4 Å². The monoisotopic (exact) mass is 514 g/mol. The number of aromatic nitrogens is 1. The summed E-state index contributed by atoms with van der Waals surface area (Å²) in [5.74, 6) is -1.39. The molecule has 1 atom stereocenters. The van der Waals surface area contributed by atoms with Crippen LogP contribution in [0.25, 0.3) is 16.0 Å². The summed E-state index contributed by atoms with van der Waals surface area (Å²) in [6.45, 7) is 4.57. The molecule has 188 valence electrons. The van der Waals surface area contributed by atoms with E-state index in [0.29, 0.717) is 34.1 Å². The van der Waals surface area contributed by atoms with Gasteiger partial charge in [0.15, 0.2) is 5.13 Å². The van der Waals surface area contributed by atoms with Gasteiger partial charge in [0, 0.05) is 5.56 Å². The highest BCUT2D eigenvalue weighted by Crippen LogP contribution is 2.45. The van der Waals surface area contributed by atoms with Crippen molar-refractivity contribution in [3.05, 3.63) is 89.0 Å². The number of ether oxygens (including phenoxy) is 1. The third kappa shape index (κ3) is 4.68. The van der Waals surface area contributed by atoms with Crippen LogP contribution in [0.5, 0.6) is 11.5 Å². The standard InChI is InChI=1S/C29H26N2O5S/c1-3-4-13-36-21-10-6-8-19(16-21)26(33)24-25(18-7-5-9-20(32)15-18)31(28(35)27(24)34)29-30-22-12-11-17(2)14-23(22)37-29/h5-12,14-16,25,32-33H,3-4,13H2,1-2H3/b26-24+. The number of hydrogen-bond acceptors (Lipinski definition) is 7. The summed E-state index contributed by atoms with van der Waals surface area (Å²) in [5.41, 5.74) is 2.52. The number of aliphatic hydroxyl groups excluding tert-OH is 1. The number of Topliss-reactive ketones (excluding diaryl/α,β-unsaturated/α-hetero) is 1. The number of phenols is 1. The number of rotatable bonds is 7. The van der Waals surface area contributed by atoms with Crippen molar-refractivity contribution in [1.82, 2.24) is 4.98 Å². The van der Waals surface area contributed by atoms with Gasteiger partial charge < -0.3 is 14.9 Å². The minimum Gasteiger partial charge on any atom is -0.508 e. The lowest BCUT2D eigenvalue weighted by Crippen LogP contribution is -2.29. The van der Waals surface area contributed by atoms with Crippen molar-refractivity contribution in [3.63, 3.8) is 0 Å². The van der Waals surface area contributed by atoms with Crippen molar-refractivity contribution < 1.29 is 24.5 Å². The smallest absolute Gasteiger partial charge is 0.301 e. The van der Waals surface area contributed by atoms with Crippen molar-refractivity contribution in [2.45, 2.75) is 32.7 Å². The summed E-state index contributed by atoms with van der Waals surface area (Å²) in [5, 5.41) is 21.9. The van der Waals surface area contributed by atoms with Gasteiger partial charge in [-0.1, -0.05) is 55.0 Å². The van der Waals surface area contributed by atoms with Crippen LogP contribution in [0.1, 0.15) is 42.5 Å². The number of amides is 1. The Morgan fingerprint density at radius 2 is 1.89 bits per heavy atom. The minimum atomic E-state index is -0.974. The molecule has 0 spiro atoms. The normalized spacial score (nSPS) is 17.0. The van der Waals surface area contributed by atoms with E-state index in [1.54, 1.807) is 36.4 Å². The summed E-state index contributed by atoms with van der Waals surface area (Å²) in [6.07, 6.45) is 1.87. The summed E-state index contributed by atoms with van der Waals surface area (Å²) in [7, 11) is 0. The molecule has 0 bridgehead atoms. The number of aromatic hydroxyl groups is 1. The number of carbonyl (C=O) groups excluding carboxylic acids is 2. The number of nitrogens with zero attached hydrogens (tertiary/aromatic N) is 2. The van der Waals surface area contributed by atoms with E-state index in [2.05, 4.69) is 11.9 Å². The lowest BCUT2D eigenvalue weighted by atomic mass is 9.95. The Bertz CT molecular complexity index is 1540. The molecule has 2 N–H and O–H groups in total. The predicted molar refractivity (Wildman–Crippen MR) is 144 cm³/mol. The van der Waals surface area contributed by atoms with Gasteiger partial charge >= 0.3 is 5.91 Å². The molecule has 7 nitrogen and oxygen atoms in total. The number of fused-ring (bicyclic) bond motifs is 1. The Hall–Kier alpha value is -4.17. The minimum absolute atomic E-state index is 0.0191. The number of anilines is 1. The molecule has 2 heterocycles. The average molecular weight is 515 g/mol. The van der Waals surface area contributed by atoms with Crippen LogP contribution in [-0.4, -0.2) is 33.5 Å². The third-order valence-electron chi connectivity index (χ3n) is 6.24.